The quantitative estimate of drug-likeness (QED) is 0.694. The summed E-state index contributed by atoms with van der Waals surface area (Å²) in [5.74, 6) is -0.519. The average Bonchev–Trinajstić information content (AvgIpc) is 3.15. The van der Waals surface area contributed by atoms with Gasteiger partial charge in [-0.3, -0.25) is 14.5 Å². The summed E-state index contributed by atoms with van der Waals surface area (Å²) >= 11 is 1.33. The van der Waals surface area contributed by atoms with E-state index < -0.39 is 5.91 Å². The second-order valence-corrected chi connectivity index (χ2v) is 7.41. The first-order valence-corrected chi connectivity index (χ1v) is 9.52. The van der Waals surface area contributed by atoms with Gasteiger partial charge >= 0.3 is 0 Å². The first-order valence-electron chi connectivity index (χ1n) is 8.70. The molecule has 0 bridgehead atoms. The number of hydrogen-bond donors (Lipinski definition) is 1. The predicted octanol–water partition coefficient (Wildman–Crippen LogP) is 3.36. The van der Waals surface area contributed by atoms with E-state index in [0.29, 0.717) is 10.1 Å². The zero-order valence-electron chi connectivity index (χ0n) is 15.2. The number of carbonyl (C=O) groups excluding carboxylic acids is 2. The molecule has 0 radical (unpaired) electrons. The molecule has 1 aliphatic rings. The molecule has 2 heterocycles. The first kappa shape index (κ1) is 18.1. The van der Waals surface area contributed by atoms with E-state index in [1.165, 1.54) is 11.8 Å². The lowest BCUT2D eigenvalue weighted by Crippen LogP contribution is -2.23. The Kier molecular flexibility index (Phi) is 4.75. The molecular weight excluding hydrogens is 372 g/mol. The smallest absolute Gasteiger partial charge is 0.266 e. The third kappa shape index (κ3) is 3.44. The number of rotatable bonds is 4. The van der Waals surface area contributed by atoms with Crippen LogP contribution in [0.25, 0.3) is 17.0 Å². The van der Waals surface area contributed by atoms with E-state index in [2.05, 4.69) is 4.99 Å². The molecule has 0 atom stereocenters. The van der Waals surface area contributed by atoms with Crippen molar-refractivity contribution in [3.63, 3.8) is 0 Å². The third-order valence-corrected chi connectivity index (χ3v) is 5.48. The molecule has 2 N–H and O–H groups in total. The van der Waals surface area contributed by atoms with Crippen LogP contribution >= 0.6 is 11.8 Å². The number of hydrogen-bond acceptors (Lipinski definition) is 4. The van der Waals surface area contributed by atoms with Crippen LogP contribution in [0.2, 0.25) is 0 Å². The van der Waals surface area contributed by atoms with E-state index >= 15 is 0 Å². The highest BCUT2D eigenvalue weighted by Crippen LogP contribution is 2.34. The Labute approximate surface area is 166 Å². The number of para-hydroxylation sites is 2. The largest absolute Gasteiger partial charge is 0.368 e. The van der Waals surface area contributed by atoms with Crippen molar-refractivity contribution in [2.24, 2.45) is 10.7 Å². The van der Waals surface area contributed by atoms with Crippen LogP contribution in [0.15, 0.2) is 70.7 Å². The minimum absolute atomic E-state index is 0.0887. The molecule has 0 aliphatic carbocycles. The van der Waals surface area contributed by atoms with Gasteiger partial charge in [-0.15, -0.1) is 0 Å². The van der Waals surface area contributed by atoms with Crippen molar-refractivity contribution in [2.45, 2.75) is 6.54 Å². The van der Waals surface area contributed by atoms with Gasteiger partial charge in [-0.1, -0.05) is 36.4 Å². The van der Waals surface area contributed by atoms with Crippen LogP contribution in [0.4, 0.5) is 5.69 Å². The molecule has 2 aromatic carbocycles. The SMILES string of the molecule is CN1C(=O)C(=Cc2cn(CC(N)=O)c3ccccc23)SC1=Nc1ccccc1. The Morgan fingerprint density at radius 2 is 1.86 bits per heavy atom. The Balaban J connectivity index is 1.72. The van der Waals surface area contributed by atoms with Crippen molar-refractivity contribution >= 4 is 51.4 Å². The van der Waals surface area contributed by atoms with Gasteiger partial charge in [0.25, 0.3) is 5.91 Å². The van der Waals surface area contributed by atoms with Gasteiger partial charge in [0.05, 0.1) is 10.6 Å². The summed E-state index contributed by atoms with van der Waals surface area (Å²) < 4.78 is 1.80. The Bertz CT molecular complexity index is 1130. The number of nitrogens with zero attached hydrogens (tertiary/aromatic N) is 3. The summed E-state index contributed by atoms with van der Waals surface area (Å²) in [7, 11) is 1.72. The van der Waals surface area contributed by atoms with Crippen LogP contribution in [0.5, 0.6) is 0 Å². The molecule has 140 valence electrons. The van der Waals surface area contributed by atoms with Gasteiger partial charge in [0, 0.05) is 29.7 Å². The summed E-state index contributed by atoms with van der Waals surface area (Å²) in [5, 5.41) is 1.59. The van der Waals surface area contributed by atoms with Gasteiger partial charge in [0.2, 0.25) is 5.91 Å². The number of amides is 2. The molecule has 28 heavy (non-hydrogen) atoms. The Morgan fingerprint density at radius 1 is 1.14 bits per heavy atom. The lowest BCUT2D eigenvalue weighted by Gasteiger charge is -2.06. The molecular formula is C21H18N4O2S. The summed E-state index contributed by atoms with van der Waals surface area (Å²) in [6.45, 7) is 0.0887. The summed E-state index contributed by atoms with van der Waals surface area (Å²) in [6, 6.07) is 17.3. The van der Waals surface area contributed by atoms with Crippen LogP contribution in [-0.4, -0.2) is 33.5 Å². The van der Waals surface area contributed by atoms with E-state index in [-0.39, 0.29) is 12.5 Å². The van der Waals surface area contributed by atoms with Crippen LogP contribution in [-0.2, 0) is 16.1 Å². The number of aliphatic imine (C=N–C) groups is 1. The van der Waals surface area contributed by atoms with Crippen molar-refractivity contribution in [3.05, 3.63) is 71.3 Å². The highest BCUT2D eigenvalue weighted by Gasteiger charge is 2.30. The van der Waals surface area contributed by atoms with E-state index in [1.807, 2.05) is 66.9 Å². The van der Waals surface area contributed by atoms with Gasteiger partial charge in [-0.05, 0) is 36.0 Å². The zero-order chi connectivity index (χ0) is 19.7. The number of benzene rings is 2. The summed E-state index contributed by atoms with van der Waals surface area (Å²) in [4.78, 5) is 30.8. The third-order valence-electron chi connectivity index (χ3n) is 4.42. The monoisotopic (exact) mass is 390 g/mol. The molecule has 0 saturated carbocycles. The van der Waals surface area contributed by atoms with Crippen molar-refractivity contribution in [1.29, 1.82) is 0 Å². The zero-order valence-corrected chi connectivity index (χ0v) is 16.0. The molecule has 6 nitrogen and oxygen atoms in total. The van der Waals surface area contributed by atoms with Crippen LogP contribution in [0.3, 0.4) is 0 Å². The molecule has 0 unspecified atom stereocenters. The van der Waals surface area contributed by atoms with Crippen molar-refractivity contribution in [1.82, 2.24) is 9.47 Å². The fraction of sp³-hybridized carbons (Fsp3) is 0.0952. The Morgan fingerprint density at radius 3 is 2.61 bits per heavy atom. The van der Waals surface area contributed by atoms with E-state index in [0.717, 1.165) is 22.2 Å². The number of thioether (sulfide) groups is 1. The molecule has 1 aromatic heterocycles. The maximum absolute atomic E-state index is 12.7. The average molecular weight is 390 g/mol. The van der Waals surface area contributed by atoms with Crippen LogP contribution < -0.4 is 5.73 Å². The fourth-order valence-corrected chi connectivity index (χ4v) is 4.07. The molecule has 2 amide bonds. The Hall–Kier alpha value is -3.32. The van der Waals surface area contributed by atoms with E-state index in [4.69, 9.17) is 5.73 Å². The topological polar surface area (TPSA) is 80.7 Å². The minimum atomic E-state index is -0.414. The number of amidine groups is 1. The molecule has 1 fully saturated rings. The van der Waals surface area contributed by atoms with Crippen molar-refractivity contribution in [2.75, 3.05) is 7.05 Å². The minimum Gasteiger partial charge on any atom is -0.368 e. The molecule has 0 spiro atoms. The van der Waals surface area contributed by atoms with E-state index in [1.54, 1.807) is 16.5 Å². The first-order chi connectivity index (χ1) is 13.5. The summed E-state index contributed by atoms with van der Waals surface area (Å²) in [5.41, 5.74) is 7.92. The van der Waals surface area contributed by atoms with Crippen molar-refractivity contribution < 1.29 is 9.59 Å². The summed E-state index contributed by atoms with van der Waals surface area (Å²) in [6.07, 6.45) is 3.69. The van der Waals surface area contributed by atoms with Gasteiger partial charge < -0.3 is 10.3 Å². The number of fused-ring (bicyclic) bond motifs is 1. The molecule has 4 rings (SSSR count). The molecule has 1 saturated heterocycles. The van der Waals surface area contributed by atoms with Crippen molar-refractivity contribution in [3.8, 4) is 0 Å². The van der Waals surface area contributed by atoms with Crippen LogP contribution in [0.1, 0.15) is 5.56 Å². The maximum Gasteiger partial charge on any atom is 0.266 e. The van der Waals surface area contributed by atoms with E-state index in [9.17, 15) is 9.59 Å². The predicted molar refractivity (Wildman–Crippen MR) is 113 cm³/mol. The second-order valence-electron chi connectivity index (χ2n) is 6.40. The lowest BCUT2D eigenvalue weighted by atomic mass is 10.1. The van der Waals surface area contributed by atoms with Gasteiger partial charge in [-0.25, -0.2) is 4.99 Å². The normalized spacial score (nSPS) is 17.2. The van der Waals surface area contributed by atoms with Crippen LogP contribution in [0, 0.1) is 0 Å². The molecule has 3 aromatic rings. The number of primary amides is 1. The lowest BCUT2D eigenvalue weighted by molar-refractivity contribution is -0.121. The maximum atomic E-state index is 12.7. The standard InChI is InChI=1S/C21H18N4O2S/c1-24-20(27)18(28-21(24)23-15-7-3-2-4-8-15)11-14-12-25(13-19(22)26)17-10-6-5-9-16(14)17/h2-12H,13H2,1H3,(H2,22,26). The fourth-order valence-electron chi connectivity index (χ4n) is 3.09. The number of aromatic nitrogens is 1. The molecule has 7 heteroatoms. The highest BCUT2D eigenvalue weighted by molar-refractivity contribution is 8.18. The van der Waals surface area contributed by atoms with Gasteiger partial charge in [0.15, 0.2) is 5.17 Å². The van der Waals surface area contributed by atoms with Gasteiger partial charge in [-0.2, -0.15) is 0 Å². The number of carbonyl (C=O) groups is 2. The number of nitrogens with two attached hydrogens (primary N) is 1. The second kappa shape index (κ2) is 7.36. The highest BCUT2D eigenvalue weighted by atomic mass is 32.2. The molecule has 1 aliphatic heterocycles. The van der Waals surface area contributed by atoms with Gasteiger partial charge in [0.1, 0.15) is 6.54 Å². The number of likely N-dealkylation sites (N-methyl/N-ethyl adjacent to an activating group) is 1.